The Hall–Kier alpha value is -2.05. The van der Waals surface area contributed by atoms with Gasteiger partial charge in [0.1, 0.15) is 5.75 Å². The summed E-state index contributed by atoms with van der Waals surface area (Å²) in [4.78, 5) is 12.1. The second-order valence-electron chi connectivity index (χ2n) is 5.13. The number of thiophene rings is 1. The number of amides is 2. The van der Waals surface area contributed by atoms with Crippen LogP contribution in [0.2, 0.25) is 0 Å². The number of hydrogen-bond donors (Lipinski definition) is 3. The Bertz CT molecular complexity index is 616. The fourth-order valence-electron chi connectivity index (χ4n) is 2.34. The van der Waals surface area contributed by atoms with Gasteiger partial charge < -0.3 is 20.5 Å². The molecule has 124 valence electrons. The van der Waals surface area contributed by atoms with E-state index in [1.165, 1.54) is 11.3 Å². The van der Waals surface area contributed by atoms with Crippen LogP contribution < -0.4 is 15.4 Å². The van der Waals surface area contributed by atoms with Crippen molar-refractivity contribution in [2.24, 2.45) is 0 Å². The molecule has 0 aliphatic carbocycles. The summed E-state index contributed by atoms with van der Waals surface area (Å²) in [6, 6.07) is 9.01. The zero-order valence-corrected chi connectivity index (χ0v) is 14.1. The van der Waals surface area contributed by atoms with Crippen molar-refractivity contribution in [1.29, 1.82) is 0 Å². The number of hydrogen-bond acceptors (Lipinski definition) is 4. The number of methoxy groups -OCH3 is 1. The van der Waals surface area contributed by atoms with E-state index in [1.807, 2.05) is 48.0 Å². The molecule has 0 unspecified atom stereocenters. The Labute approximate surface area is 140 Å². The van der Waals surface area contributed by atoms with E-state index in [4.69, 9.17) is 4.74 Å². The van der Waals surface area contributed by atoms with E-state index in [2.05, 4.69) is 10.6 Å². The molecule has 6 heteroatoms. The molecule has 1 aromatic heterocycles. The highest BCUT2D eigenvalue weighted by Crippen LogP contribution is 2.26. The Balaban J connectivity index is 1.92. The molecule has 2 atom stereocenters. The summed E-state index contributed by atoms with van der Waals surface area (Å²) >= 11 is 1.52. The monoisotopic (exact) mass is 334 g/mol. The van der Waals surface area contributed by atoms with Crippen molar-refractivity contribution in [3.8, 4) is 5.75 Å². The maximum Gasteiger partial charge on any atom is 0.315 e. The summed E-state index contributed by atoms with van der Waals surface area (Å²) in [7, 11) is 1.61. The van der Waals surface area contributed by atoms with Crippen LogP contribution in [0, 0.1) is 0 Å². The van der Waals surface area contributed by atoms with Gasteiger partial charge in [0.05, 0.1) is 19.3 Å². The third-order valence-electron chi connectivity index (χ3n) is 3.61. The van der Waals surface area contributed by atoms with Crippen LogP contribution in [0.1, 0.15) is 36.6 Å². The van der Waals surface area contributed by atoms with Crippen molar-refractivity contribution in [2.45, 2.75) is 25.5 Å². The number of nitrogens with one attached hydrogen (secondary N) is 2. The number of ether oxygens (including phenoxy) is 1. The first-order valence-electron chi connectivity index (χ1n) is 7.53. The lowest BCUT2D eigenvalue weighted by molar-refractivity contribution is 0.173. The zero-order chi connectivity index (χ0) is 16.7. The maximum absolute atomic E-state index is 12.1. The highest BCUT2D eigenvalue weighted by molar-refractivity contribution is 7.07. The topological polar surface area (TPSA) is 70.6 Å². The van der Waals surface area contributed by atoms with E-state index in [0.717, 1.165) is 23.3 Å². The van der Waals surface area contributed by atoms with Crippen molar-refractivity contribution in [2.75, 3.05) is 13.7 Å². The molecular weight excluding hydrogens is 312 g/mol. The van der Waals surface area contributed by atoms with E-state index in [1.54, 1.807) is 7.11 Å². The van der Waals surface area contributed by atoms with E-state index in [-0.39, 0.29) is 18.6 Å². The van der Waals surface area contributed by atoms with Gasteiger partial charge in [0.2, 0.25) is 0 Å². The van der Waals surface area contributed by atoms with Crippen LogP contribution in [0.25, 0.3) is 0 Å². The molecule has 0 saturated heterocycles. The van der Waals surface area contributed by atoms with Crippen LogP contribution in [0.5, 0.6) is 5.75 Å². The molecule has 0 spiro atoms. The van der Waals surface area contributed by atoms with Crippen molar-refractivity contribution in [3.05, 3.63) is 52.2 Å². The molecular formula is C17H22N2O3S. The normalized spacial score (nSPS) is 13.2. The Morgan fingerprint density at radius 2 is 2.13 bits per heavy atom. The molecule has 0 fully saturated rings. The molecule has 0 bridgehead atoms. The number of aliphatic hydroxyl groups is 1. The van der Waals surface area contributed by atoms with Crippen LogP contribution in [-0.4, -0.2) is 24.8 Å². The van der Waals surface area contributed by atoms with Gasteiger partial charge in [0.25, 0.3) is 0 Å². The lowest BCUT2D eigenvalue weighted by Gasteiger charge is -2.20. The van der Waals surface area contributed by atoms with Gasteiger partial charge >= 0.3 is 6.03 Å². The van der Waals surface area contributed by atoms with Crippen molar-refractivity contribution in [3.63, 3.8) is 0 Å². The van der Waals surface area contributed by atoms with Gasteiger partial charge in [0, 0.05) is 12.1 Å². The van der Waals surface area contributed by atoms with Crippen molar-refractivity contribution < 1.29 is 14.6 Å². The third-order valence-corrected chi connectivity index (χ3v) is 4.31. The SMILES string of the molecule is CC[C@@H](NC(=O)NC[C@H](O)c1ccsc1)c1ccccc1OC. The largest absolute Gasteiger partial charge is 0.496 e. The summed E-state index contributed by atoms with van der Waals surface area (Å²) in [6.45, 7) is 2.17. The minimum absolute atomic E-state index is 0.149. The van der Waals surface area contributed by atoms with Crippen LogP contribution in [0.3, 0.4) is 0 Å². The van der Waals surface area contributed by atoms with Crippen LogP contribution in [-0.2, 0) is 0 Å². The summed E-state index contributed by atoms with van der Waals surface area (Å²) in [5.41, 5.74) is 1.75. The van der Waals surface area contributed by atoms with Gasteiger partial charge in [-0.05, 0) is 34.9 Å². The molecule has 2 amide bonds. The molecule has 0 aliphatic heterocycles. The van der Waals surface area contributed by atoms with E-state index >= 15 is 0 Å². The summed E-state index contributed by atoms with van der Waals surface area (Å²) in [5, 5.41) is 19.4. The number of aliphatic hydroxyl groups excluding tert-OH is 1. The molecule has 0 aliphatic rings. The standard InChI is InChI=1S/C17H22N2O3S/c1-3-14(13-6-4-5-7-16(13)22-2)19-17(21)18-10-15(20)12-8-9-23-11-12/h4-9,11,14-15,20H,3,10H2,1-2H3,(H2,18,19,21)/t14-,15+/m1/s1. The predicted molar refractivity (Wildman–Crippen MR) is 91.8 cm³/mol. The van der Waals surface area contributed by atoms with Crippen LogP contribution >= 0.6 is 11.3 Å². The number of benzene rings is 1. The van der Waals surface area contributed by atoms with Crippen LogP contribution in [0.4, 0.5) is 4.79 Å². The molecule has 3 N–H and O–H groups in total. The van der Waals surface area contributed by atoms with E-state index in [0.29, 0.717) is 0 Å². The van der Waals surface area contributed by atoms with Gasteiger partial charge in [-0.25, -0.2) is 4.79 Å². The second-order valence-corrected chi connectivity index (χ2v) is 5.91. The molecule has 1 aromatic carbocycles. The van der Waals surface area contributed by atoms with Gasteiger partial charge in [-0.2, -0.15) is 11.3 Å². The quantitative estimate of drug-likeness (QED) is 0.728. The highest BCUT2D eigenvalue weighted by Gasteiger charge is 2.17. The number of para-hydroxylation sites is 1. The molecule has 2 rings (SSSR count). The minimum atomic E-state index is -0.696. The molecule has 23 heavy (non-hydrogen) atoms. The fraction of sp³-hybridized carbons (Fsp3) is 0.353. The van der Waals surface area contributed by atoms with Crippen molar-refractivity contribution >= 4 is 17.4 Å². The third kappa shape index (κ3) is 4.71. The fourth-order valence-corrected chi connectivity index (χ4v) is 3.04. The van der Waals surface area contributed by atoms with E-state index in [9.17, 15) is 9.90 Å². The average molecular weight is 334 g/mol. The van der Waals surface area contributed by atoms with Gasteiger partial charge in [-0.1, -0.05) is 25.1 Å². The van der Waals surface area contributed by atoms with Crippen molar-refractivity contribution in [1.82, 2.24) is 10.6 Å². The Morgan fingerprint density at radius 1 is 1.35 bits per heavy atom. The first-order chi connectivity index (χ1) is 11.2. The molecule has 5 nitrogen and oxygen atoms in total. The first-order valence-corrected chi connectivity index (χ1v) is 8.47. The van der Waals surface area contributed by atoms with Gasteiger partial charge in [0.15, 0.2) is 0 Å². The number of carbonyl (C=O) groups excluding carboxylic acids is 1. The molecule has 0 radical (unpaired) electrons. The molecule has 2 aromatic rings. The average Bonchev–Trinajstić information content (AvgIpc) is 3.12. The molecule has 1 heterocycles. The second kappa shape index (κ2) is 8.55. The number of carbonyl (C=O) groups is 1. The molecule has 0 saturated carbocycles. The summed E-state index contributed by atoms with van der Waals surface area (Å²) < 4.78 is 5.35. The maximum atomic E-state index is 12.1. The lowest BCUT2D eigenvalue weighted by Crippen LogP contribution is -2.39. The van der Waals surface area contributed by atoms with E-state index < -0.39 is 6.10 Å². The smallest absolute Gasteiger partial charge is 0.315 e. The number of rotatable bonds is 7. The predicted octanol–water partition coefficient (Wildman–Crippen LogP) is 3.24. The zero-order valence-electron chi connectivity index (χ0n) is 13.3. The van der Waals surface area contributed by atoms with Gasteiger partial charge in [-0.3, -0.25) is 0 Å². The summed E-state index contributed by atoms with van der Waals surface area (Å²) in [5.74, 6) is 0.748. The van der Waals surface area contributed by atoms with Gasteiger partial charge in [-0.15, -0.1) is 0 Å². The Morgan fingerprint density at radius 3 is 2.78 bits per heavy atom. The lowest BCUT2D eigenvalue weighted by atomic mass is 10.0. The minimum Gasteiger partial charge on any atom is -0.496 e. The highest BCUT2D eigenvalue weighted by atomic mass is 32.1. The number of urea groups is 1. The summed E-state index contributed by atoms with van der Waals surface area (Å²) in [6.07, 6.45) is 0.0410. The van der Waals surface area contributed by atoms with Crippen LogP contribution in [0.15, 0.2) is 41.1 Å². The Kier molecular flexibility index (Phi) is 6.43. The first kappa shape index (κ1) is 17.3.